The van der Waals surface area contributed by atoms with E-state index >= 15 is 0 Å². The SMILES string of the molecule is CC(C)(COc1ccn(-c2ccc(C(=O)NS(=O)(=O)c3ccc[c]([Ge]([CH3])([CH3])[CH3])c3)c(Cl)n2)n1)C(F)(F)F.CC(C)(COc1ccn(-c2ccc(C(=O)O)c(Cl)n2)n1)C(F)(F)F.C[C@@H]1CN(c2nc(-n3ccc(OCC(C)(C)C(F)(F)F)n3)ccc2C(=O)NS(=O)(=O)c2ccc[c]([Ge]([CH3])([CH3])[CH3])c2)C(C)(C)C1.C[C@@H]1CNC(C)(C)C1.[CH3][Ge]([CH3])([CH3])[c]1cccc(S(N)(=O)=O)c1. The first kappa shape index (κ1) is 106. The van der Waals surface area contributed by atoms with Crippen LogP contribution < -0.4 is 52.2 Å². The number of halogens is 11. The number of nitrogens with zero attached hydrogens (tertiary/aromatic N) is 10. The molecule has 2 aliphatic heterocycles. The summed E-state index contributed by atoms with van der Waals surface area (Å²) in [4.78, 5) is 52.0. The van der Waals surface area contributed by atoms with Crippen LogP contribution in [0.15, 0.2) is 161 Å². The molecule has 8 heterocycles. The first-order chi connectivity index (χ1) is 57.8. The van der Waals surface area contributed by atoms with Gasteiger partial charge in [-0.15, -0.1) is 5.10 Å². The van der Waals surface area contributed by atoms with Crippen molar-refractivity contribution in [3.8, 4) is 35.1 Å². The third-order valence-corrected chi connectivity index (χ3v) is 37.3. The van der Waals surface area contributed by atoms with Crippen molar-refractivity contribution in [1.82, 2.24) is 59.1 Å². The van der Waals surface area contributed by atoms with E-state index < -0.39 is 148 Å². The van der Waals surface area contributed by atoms with Crippen molar-refractivity contribution in [2.24, 2.45) is 33.2 Å². The number of amides is 2. The quantitative estimate of drug-likeness (QED) is 0.0213. The molecule has 44 heteroatoms. The van der Waals surface area contributed by atoms with Gasteiger partial charge in [-0.25, -0.2) is 14.5 Å². The van der Waals surface area contributed by atoms with Gasteiger partial charge in [-0.3, -0.25) is 0 Å². The standard InChI is InChI=1S/C30H40F3GeN5O4S.C23H26ClF3GeN4O4S.C14H13ClF3N3O3.C9H15GeNO2S.C7H15N/c1-20-17-29(4,5)38(18-20)26-23(27(40)37-44(41,42)22-11-9-10-21(16-22)34(6,7)8)12-13-24(35-26)39-15-14-25(36-39)43-19-28(2,3)30(31,32)33;1-22(2,23(25,26)27)14-36-19-11-12-32(30-19)18-10-9-17(20(24)29-18)21(33)31-37(34,35)16-8-6-7-15(13-16)28(3,4)5;1-13(2,14(16,17)18)7-24-10-5-6-21(20-10)9-4-3-8(12(22)23)11(15)19-9;1-10(2,3)8-5-4-6-9(7-8)14(11,12)13;1-6-4-7(2,3)8-5-6/h9-16,20H,17-19H2,1-8H3,(H,37,40);6-13H,14H2,1-5H3,(H,31,33);3-6H,7H2,1-2H3,(H,22,23);4-7H,1-3H3,(H2,11,12,13);6,8H,4-5H2,1-3H3/t20-;;;;6-/m0...0/s1. The zero-order valence-corrected chi connectivity index (χ0v) is 84.5. The van der Waals surface area contributed by atoms with Crippen LogP contribution in [0, 0.1) is 28.1 Å². The molecule has 11 rings (SSSR count). The number of ether oxygens (including phenoxy) is 3. The monoisotopic (exact) mass is 2070 g/mol. The molecule has 2 atom stereocenters. The first-order valence-electron chi connectivity index (χ1n) is 39.7. The van der Waals surface area contributed by atoms with Crippen LogP contribution in [0.1, 0.15) is 127 Å². The van der Waals surface area contributed by atoms with Crippen LogP contribution in [0.2, 0.25) is 62.1 Å². The average Bonchev–Trinajstić information content (AvgIpc) is 1.66. The molecular weight excluding hydrogens is 1960 g/mol. The summed E-state index contributed by atoms with van der Waals surface area (Å²) < 4.78 is 218. The molecular formula is C83H109Cl2F9Ge3N14O13S3. The Hall–Kier alpha value is -8.30. The fraction of sp³-hybridized carbons (Fsp3) is 0.458. The Bertz CT molecular complexity index is 5780. The van der Waals surface area contributed by atoms with E-state index in [-0.39, 0.29) is 88.5 Å². The Balaban J connectivity index is 0.000000238. The van der Waals surface area contributed by atoms with Crippen molar-refractivity contribution >= 4 is 130 Å². The first-order valence-corrected chi connectivity index (χ1v) is 67.0. The number of hydrogen-bond donors (Lipinski definition) is 5. The summed E-state index contributed by atoms with van der Waals surface area (Å²) in [7, 11) is -11.9. The molecule has 9 aromatic rings. The van der Waals surface area contributed by atoms with Crippen LogP contribution in [0.25, 0.3) is 17.5 Å². The number of carboxylic acids is 1. The summed E-state index contributed by atoms with van der Waals surface area (Å²) >= 11 is 5.30. The van der Waals surface area contributed by atoms with Crippen molar-refractivity contribution in [2.75, 3.05) is 37.8 Å². The third kappa shape index (κ3) is 29.1. The number of nitrogens with one attached hydrogen (secondary N) is 3. The van der Waals surface area contributed by atoms with Gasteiger partial charge in [0.15, 0.2) is 5.82 Å². The molecule has 6 aromatic heterocycles. The maximum atomic E-state index is 13.6. The number of carboxylic acid groups (broad SMARTS) is 1. The van der Waals surface area contributed by atoms with Crippen molar-refractivity contribution < 1.29 is 98.5 Å². The van der Waals surface area contributed by atoms with Crippen molar-refractivity contribution in [3.05, 3.63) is 173 Å². The molecule has 0 saturated carbocycles. The van der Waals surface area contributed by atoms with E-state index in [1.165, 1.54) is 118 Å². The molecule has 6 N–H and O–H groups in total. The summed E-state index contributed by atoms with van der Waals surface area (Å²) in [6.07, 6.45) is -6.86. The number of benzene rings is 3. The van der Waals surface area contributed by atoms with E-state index in [1.807, 2.05) is 41.7 Å². The molecule has 2 amide bonds. The molecule has 0 bridgehead atoms. The molecule has 127 heavy (non-hydrogen) atoms. The topological polar surface area (TPSA) is 359 Å². The average molecular weight is 2070 g/mol. The predicted molar refractivity (Wildman–Crippen MR) is 477 cm³/mol. The number of alkyl halides is 9. The van der Waals surface area contributed by atoms with Crippen molar-refractivity contribution in [1.29, 1.82) is 0 Å². The van der Waals surface area contributed by atoms with Gasteiger partial charge in [0.05, 0.1) is 21.8 Å². The normalized spacial score (nSPS) is 15.8. The van der Waals surface area contributed by atoms with E-state index in [0.29, 0.717) is 12.1 Å². The van der Waals surface area contributed by atoms with Crippen LogP contribution in [0.4, 0.5) is 45.3 Å². The number of primary sulfonamides is 1. The van der Waals surface area contributed by atoms with Gasteiger partial charge in [-0.05, 0) is 86.4 Å². The molecule has 3 aromatic carbocycles. The molecule has 2 aliphatic rings. The number of carbonyl (C=O) groups excluding carboxylic acids is 2. The van der Waals surface area contributed by atoms with E-state index in [2.05, 4.69) is 115 Å². The second-order valence-corrected chi connectivity index (χ2v) is 74.8. The van der Waals surface area contributed by atoms with Crippen LogP contribution in [-0.4, -0.2) is 195 Å². The van der Waals surface area contributed by atoms with Crippen molar-refractivity contribution in [3.63, 3.8) is 0 Å². The number of aromatic nitrogens is 9. The van der Waals surface area contributed by atoms with Gasteiger partial charge < -0.3 is 24.6 Å². The molecule has 696 valence electrons. The summed E-state index contributed by atoms with van der Waals surface area (Å²) in [6.45, 7) is 19.0. The number of hydrogen-bond acceptors (Lipinski definition) is 20. The Morgan fingerprint density at radius 3 is 1.12 bits per heavy atom. The van der Waals surface area contributed by atoms with Gasteiger partial charge in [0, 0.05) is 29.9 Å². The molecule has 0 aliphatic carbocycles. The Morgan fingerprint density at radius 2 is 0.827 bits per heavy atom. The molecule has 27 nitrogen and oxygen atoms in total. The Kier molecular flexibility index (Phi) is 33.5. The van der Waals surface area contributed by atoms with E-state index in [1.54, 1.807) is 36.4 Å². The van der Waals surface area contributed by atoms with E-state index in [4.69, 9.17) is 52.6 Å². The van der Waals surface area contributed by atoms with Gasteiger partial charge in [0.1, 0.15) is 25.0 Å². The maximum absolute atomic E-state index is 13.6. The Morgan fingerprint density at radius 1 is 0.496 bits per heavy atom. The van der Waals surface area contributed by atoms with E-state index in [0.717, 1.165) is 67.1 Å². The van der Waals surface area contributed by atoms with Gasteiger partial charge in [0.25, 0.3) is 0 Å². The molecule has 2 saturated heterocycles. The second kappa shape index (κ2) is 40.2. The van der Waals surface area contributed by atoms with Crippen LogP contribution in [0.3, 0.4) is 0 Å². The van der Waals surface area contributed by atoms with Gasteiger partial charge in [0.2, 0.25) is 17.6 Å². The summed E-state index contributed by atoms with van der Waals surface area (Å²) in [6, 6.07) is 32.6. The molecule has 0 radical (unpaired) electrons. The summed E-state index contributed by atoms with van der Waals surface area (Å²) in [5.74, 6) is 18.4. The number of carbonyl (C=O) groups is 3. The van der Waals surface area contributed by atoms with Gasteiger partial charge in [-0.1, -0.05) is 18.5 Å². The zero-order chi connectivity index (χ0) is 96.0. The van der Waals surface area contributed by atoms with E-state index in [9.17, 15) is 79.2 Å². The van der Waals surface area contributed by atoms with Gasteiger partial charge >= 0.3 is 470 Å². The van der Waals surface area contributed by atoms with Crippen LogP contribution in [0.5, 0.6) is 17.6 Å². The molecule has 2 fully saturated rings. The number of sulfonamides is 3. The fourth-order valence-corrected chi connectivity index (χ4v) is 23.4. The predicted octanol–water partition coefficient (Wildman–Crippen LogP) is 15.9. The number of nitrogens with two attached hydrogens (primary N) is 1. The summed E-state index contributed by atoms with van der Waals surface area (Å²) in [5, 5.41) is 29.1. The Labute approximate surface area is 752 Å². The second-order valence-electron chi connectivity index (χ2n) is 37.2. The number of rotatable bonds is 24. The van der Waals surface area contributed by atoms with Crippen LogP contribution in [-0.2, 0) is 30.1 Å². The third-order valence-electron chi connectivity index (χ3n) is 20.3. The number of anilines is 1. The fourth-order valence-electron chi connectivity index (χ4n) is 12.2. The number of pyridine rings is 3. The zero-order valence-electron chi connectivity index (χ0n) is 74.2. The number of aromatic carboxylic acids is 1. The van der Waals surface area contributed by atoms with Crippen LogP contribution >= 0.6 is 23.2 Å². The summed E-state index contributed by atoms with van der Waals surface area (Å²) in [5.41, 5.74) is -6.45. The van der Waals surface area contributed by atoms with Crippen molar-refractivity contribution in [2.45, 2.75) is 192 Å². The van der Waals surface area contributed by atoms with Gasteiger partial charge in [-0.2, -0.15) is 39.5 Å². The minimum atomic E-state index is -4.45. The minimum absolute atomic E-state index is 0.0166. The molecule has 0 spiro atoms. The molecule has 0 unspecified atom stereocenters.